The predicted octanol–water partition coefficient (Wildman–Crippen LogP) is 5.67. The Morgan fingerprint density at radius 2 is 2.05 bits per heavy atom. The molecule has 6 nitrogen and oxygen atoms in total. The predicted molar refractivity (Wildman–Crippen MR) is 160 cm³/mol. The molecule has 0 aromatic carbocycles. The molecule has 8 heteroatoms. The Morgan fingerprint density at radius 1 is 1.26 bits per heavy atom. The summed E-state index contributed by atoms with van der Waals surface area (Å²) in [4.78, 5) is 9.50. The van der Waals surface area contributed by atoms with Crippen LogP contribution in [0.15, 0.2) is 93.9 Å². The van der Waals surface area contributed by atoms with E-state index in [2.05, 4.69) is 53.8 Å². The van der Waals surface area contributed by atoms with Crippen LogP contribution >= 0.6 is 0 Å². The Balaban J connectivity index is 1.93. The van der Waals surface area contributed by atoms with E-state index in [0.29, 0.717) is 24.6 Å². The molecule has 1 heterocycles. The normalized spacial score (nSPS) is 23.1. The summed E-state index contributed by atoms with van der Waals surface area (Å²) in [5.41, 5.74) is 7.97. The molecule has 3 atom stereocenters. The van der Waals surface area contributed by atoms with E-state index in [1.807, 2.05) is 6.08 Å². The van der Waals surface area contributed by atoms with E-state index in [1.54, 1.807) is 12.2 Å². The van der Waals surface area contributed by atoms with Gasteiger partial charge in [0.15, 0.2) is 0 Å². The van der Waals surface area contributed by atoms with Crippen molar-refractivity contribution in [2.24, 2.45) is 27.6 Å². The topological polar surface area (TPSA) is 86.8 Å². The molecular weight excluding hydrogens is 494 g/mol. The fourth-order valence-corrected chi connectivity index (χ4v) is 5.20. The molecule has 0 radical (unpaired) electrons. The summed E-state index contributed by atoms with van der Waals surface area (Å²) in [5, 5.41) is 10.0. The molecule has 39 heavy (non-hydrogen) atoms. The zero-order valence-corrected chi connectivity index (χ0v) is 23.2. The largest absolute Gasteiger partial charge is 0.405 e. The van der Waals surface area contributed by atoms with E-state index in [9.17, 15) is 8.78 Å². The lowest BCUT2D eigenvalue weighted by Crippen LogP contribution is -2.44. The highest BCUT2D eigenvalue weighted by atomic mass is 19.1. The third kappa shape index (κ3) is 8.88. The van der Waals surface area contributed by atoms with Crippen LogP contribution in [0.4, 0.5) is 8.78 Å². The molecule has 0 aromatic heterocycles. The smallest absolute Gasteiger partial charge is 0.145 e. The van der Waals surface area contributed by atoms with Crippen molar-refractivity contribution < 1.29 is 8.78 Å². The van der Waals surface area contributed by atoms with Crippen molar-refractivity contribution in [3.8, 4) is 0 Å². The monoisotopic (exact) mass is 538 g/mol. The average molecular weight is 539 g/mol. The van der Waals surface area contributed by atoms with Gasteiger partial charge in [-0.05, 0) is 101 Å². The number of nitrogens with one attached hydrogen (secondary N) is 3. The van der Waals surface area contributed by atoms with Gasteiger partial charge in [-0.1, -0.05) is 24.3 Å². The van der Waals surface area contributed by atoms with Crippen LogP contribution in [0.5, 0.6) is 0 Å². The van der Waals surface area contributed by atoms with Crippen molar-refractivity contribution in [3.05, 3.63) is 83.9 Å². The van der Waals surface area contributed by atoms with Crippen molar-refractivity contribution in [1.82, 2.24) is 16.0 Å². The Bertz CT molecular complexity index is 1060. The van der Waals surface area contributed by atoms with Gasteiger partial charge >= 0.3 is 0 Å². The summed E-state index contributed by atoms with van der Waals surface area (Å²) in [5.74, 6) is 0.136. The number of rotatable bonds is 13. The van der Waals surface area contributed by atoms with Gasteiger partial charge in [0.1, 0.15) is 23.2 Å². The molecule has 0 bridgehead atoms. The van der Waals surface area contributed by atoms with Gasteiger partial charge in [0, 0.05) is 18.2 Å². The molecule has 0 amide bonds. The molecule has 2 fully saturated rings. The third-order valence-corrected chi connectivity index (χ3v) is 7.34. The van der Waals surface area contributed by atoms with Crippen LogP contribution < -0.4 is 21.7 Å². The second kappa shape index (κ2) is 15.4. The number of nitrogens with two attached hydrogens (primary N) is 1. The van der Waals surface area contributed by atoms with E-state index >= 15 is 0 Å². The molecular formula is C31H44F2N6. The highest BCUT2D eigenvalue weighted by Crippen LogP contribution is 2.42. The summed E-state index contributed by atoms with van der Waals surface area (Å²) >= 11 is 0. The van der Waals surface area contributed by atoms with Gasteiger partial charge in [0.2, 0.25) is 0 Å². The maximum absolute atomic E-state index is 14.2. The number of halogens is 2. The molecule has 2 aliphatic carbocycles. The number of allylic oxidation sites excluding steroid dienone is 5. The third-order valence-electron chi connectivity index (χ3n) is 7.34. The molecule has 1 aliphatic heterocycles. The first kappa shape index (κ1) is 30.3. The maximum atomic E-state index is 14.2. The fourth-order valence-electron chi connectivity index (χ4n) is 5.20. The summed E-state index contributed by atoms with van der Waals surface area (Å²) in [6.45, 7) is 16.2. The van der Waals surface area contributed by atoms with Crippen molar-refractivity contribution in [3.63, 3.8) is 0 Å². The Labute approximate surface area is 232 Å². The average Bonchev–Trinajstić information content (AvgIpc) is 3.77. The zero-order chi connectivity index (χ0) is 28.2. The molecule has 0 spiro atoms. The van der Waals surface area contributed by atoms with Gasteiger partial charge < -0.3 is 21.7 Å². The summed E-state index contributed by atoms with van der Waals surface area (Å²) in [6.07, 6.45) is 16.2. The van der Waals surface area contributed by atoms with E-state index in [-0.39, 0.29) is 30.1 Å². The molecule has 3 aliphatic rings. The number of aliphatic imine (C=N–C) groups is 2. The first-order chi connectivity index (χ1) is 18.9. The fraction of sp³-hybridized carbons (Fsp3) is 0.484. The molecule has 0 aromatic rings. The lowest BCUT2D eigenvalue weighted by atomic mass is 9.86. The first-order valence-electron chi connectivity index (χ1n) is 14.0. The quantitative estimate of drug-likeness (QED) is 0.105. The van der Waals surface area contributed by atoms with Crippen molar-refractivity contribution in [2.45, 2.75) is 64.0 Å². The van der Waals surface area contributed by atoms with Crippen LogP contribution in [0.25, 0.3) is 0 Å². The van der Waals surface area contributed by atoms with Gasteiger partial charge in [-0.15, -0.1) is 6.58 Å². The van der Waals surface area contributed by atoms with E-state index in [0.717, 1.165) is 56.6 Å². The van der Waals surface area contributed by atoms with E-state index in [1.165, 1.54) is 17.8 Å². The summed E-state index contributed by atoms with van der Waals surface area (Å²) in [6, 6.07) is 0.0518. The van der Waals surface area contributed by atoms with E-state index in [4.69, 9.17) is 10.7 Å². The Kier molecular flexibility index (Phi) is 11.9. The van der Waals surface area contributed by atoms with Gasteiger partial charge in [-0.3, -0.25) is 9.98 Å². The second-order valence-corrected chi connectivity index (χ2v) is 10.3. The molecule has 3 unspecified atom stereocenters. The van der Waals surface area contributed by atoms with Gasteiger partial charge in [0.25, 0.3) is 0 Å². The maximum Gasteiger partial charge on any atom is 0.145 e. The summed E-state index contributed by atoms with van der Waals surface area (Å²) < 4.78 is 28.4. The Hall–Kier alpha value is -3.26. The molecule has 3 rings (SSSR count). The number of nitrogens with zero attached hydrogens (tertiary/aromatic N) is 2. The van der Waals surface area contributed by atoms with Gasteiger partial charge in [-0.25, -0.2) is 8.78 Å². The van der Waals surface area contributed by atoms with Crippen LogP contribution in [0.3, 0.4) is 0 Å². The van der Waals surface area contributed by atoms with Gasteiger partial charge in [-0.2, -0.15) is 0 Å². The highest BCUT2D eigenvalue weighted by molar-refractivity contribution is 5.89. The van der Waals surface area contributed by atoms with E-state index < -0.39 is 11.7 Å². The molecule has 1 saturated carbocycles. The molecule has 1 saturated heterocycles. The number of hydrogen-bond donors (Lipinski definition) is 4. The number of amidine groups is 1. The van der Waals surface area contributed by atoms with Gasteiger partial charge in [0.05, 0.1) is 18.5 Å². The van der Waals surface area contributed by atoms with Crippen LogP contribution in [0.2, 0.25) is 0 Å². The second-order valence-electron chi connectivity index (χ2n) is 10.3. The molecule has 5 N–H and O–H groups in total. The van der Waals surface area contributed by atoms with Crippen LogP contribution in [0, 0.1) is 11.8 Å². The lowest BCUT2D eigenvalue weighted by molar-refractivity contribution is 0.522. The Morgan fingerprint density at radius 3 is 2.69 bits per heavy atom. The minimum absolute atomic E-state index is 0.0983. The van der Waals surface area contributed by atoms with Crippen molar-refractivity contribution in [2.75, 3.05) is 19.6 Å². The first-order valence-corrected chi connectivity index (χ1v) is 14.0. The summed E-state index contributed by atoms with van der Waals surface area (Å²) in [7, 11) is 0. The highest BCUT2D eigenvalue weighted by Gasteiger charge is 2.37. The van der Waals surface area contributed by atoms with Crippen molar-refractivity contribution >= 4 is 12.6 Å². The lowest BCUT2D eigenvalue weighted by Gasteiger charge is -2.30. The minimum Gasteiger partial charge on any atom is -0.405 e. The zero-order valence-electron chi connectivity index (χ0n) is 23.2. The number of hydrogen-bond acceptors (Lipinski definition) is 5. The standard InChI is InChI=1S/C31H44F2N6/c1-5-25(23-12-13-23)29(28(6-2)35-4)31(39-24-9-8-17-36-18-15-24)37-20-22(14-16-34)19-21(3)38-30-26(32)10-7-11-27(30)33/h5-6,10,14,16,19,23-24,28-29,36,38H,2-4,7-9,11-13,15,17-18,20,34H2,1H3,(H,37,39)/b16-14-,22-19+,25-5-. The van der Waals surface area contributed by atoms with Crippen LogP contribution in [0.1, 0.15) is 51.9 Å². The molecule has 212 valence electrons. The van der Waals surface area contributed by atoms with Crippen molar-refractivity contribution in [1.29, 1.82) is 0 Å². The van der Waals surface area contributed by atoms with Crippen LogP contribution in [-0.2, 0) is 0 Å². The van der Waals surface area contributed by atoms with Crippen LogP contribution in [-0.4, -0.2) is 44.3 Å². The minimum atomic E-state index is -0.610. The SMILES string of the molecule is C=CC(N=C)C(C(=NCC(/C=C\N)=C/C(=C)NC1=C(F)CCC=C1F)NC1CCCNCC1)/C(=C\C)C1CC1.